The Bertz CT molecular complexity index is 1540. The number of esters is 1. The molecule has 206 valence electrons. The fourth-order valence-electron chi connectivity index (χ4n) is 4.66. The van der Waals surface area contributed by atoms with Crippen LogP contribution in [0.15, 0.2) is 39.0 Å². The first-order valence-electron chi connectivity index (χ1n) is 12.1. The van der Waals surface area contributed by atoms with Crippen LogP contribution in [0, 0.1) is 13.8 Å². The van der Waals surface area contributed by atoms with E-state index in [-0.39, 0.29) is 44.7 Å². The van der Waals surface area contributed by atoms with Crippen LogP contribution in [0.3, 0.4) is 0 Å². The number of rotatable bonds is 2. The fraction of sp³-hybridized carbons (Fsp3) is 0.423. The molecule has 12 heteroatoms. The number of amides is 1. The summed E-state index contributed by atoms with van der Waals surface area (Å²) in [5.74, 6) is -0.871. The van der Waals surface area contributed by atoms with E-state index in [0.29, 0.717) is 24.0 Å². The molecule has 2 aliphatic heterocycles. The zero-order valence-corrected chi connectivity index (χ0v) is 23.7. The molecule has 0 aromatic heterocycles. The Morgan fingerprint density at radius 1 is 0.816 bits per heavy atom. The molecule has 0 aliphatic carbocycles. The van der Waals surface area contributed by atoms with E-state index >= 15 is 0 Å². The molecule has 0 saturated carbocycles. The Balaban J connectivity index is 0.000000212. The number of nitrogens with zero attached hydrogens (tertiary/aromatic N) is 1. The summed E-state index contributed by atoms with van der Waals surface area (Å²) < 4.78 is 53.0. The van der Waals surface area contributed by atoms with Gasteiger partial charge in [-0.05, 0) is 72.9 Å². The number of aryl methyl sites for hydroxylation is 2. The lowest BCUT2D eigenvalue weighted by Gasteiger charge is -2.23. The van der Waals surface area contributed by atoms with Crippen LogP contribution in [0.1, 0.15) is 81.5 Å². The number of guanidine groups is 1. The van der Waals surface area contributed by atoms with Crippen molar-refractivity contribution < 1.29 is 31.2 Å². The average molecular weight is 564 g/mol. The molecule has 0 bridgehead atoms. The molecule has 38 heavy (non-hydrogen) atoms. The molecule has 2 heterocycles. The summed E-state index contributed by atoms with van der Waals surface area (Å²) in [4.78, 5) is 27.5. The molecule has 2 atom stereocenters. The number of hydrogen-bond acceptors (Lipinski definition) is 7. The predicted octanol–water partition coefficient (Wildman–Crippen LogP) is 2.75. The summed E-state index contributed by atoms with van der Waals surface area (Å²) >= 11 is 0. The highest BCUT2D eigenvalue weighted by molar-refractivity contribution is 7.91. The number of carbonyl (C=O) groups is 2. The summed E-state index contributed by atoms with van der Waals surface area (Å²) in [6.45, 7) is 7.51. The molecule has 0 spiro atoms. The van der Waals surface area contributed by atoms with Crippen LogP contribution in [-0.2, 0) is 24.4 Å². The number of hydrogen-bond donors (Lipinski definition) is 2. The summed E-state index contributed by atoms with van der Waals surface area (Å²) in [5, 5.41) is 0. The zero-order valence-electron chi connectivity index (χ0n) is 22.1. The van der Waals surface area contributed by atoms with E-state index in [1.165, 1.54) is 19.2 Å². The molecule has 0 fully saturated rings. The number of carbonyl (C=O) groups excluding carboxylic acids is 2. The van der Waals surface area contributed by atoms with E-state index in [1.54, 1.807) is 26.0 Å². The largest absolute Gasteiger partial charge is 0.465 e. The molecular formula is C26H33N3O7S2. The van der Waals surface area contributed by atoms with Crippen molar-refractivity contribution >= 4 is 37.5 Å². The molecule has 4 rings (SSSR count). The van der Waals surface area contributed by atoms with Gasteiger partial charge >= 0.3 is 5.97 Å². The smallest absolute Gasteiger partial charge is 0.338 e. The Morgan fingerprint density at radius 2 is 1.24 bits per heavy atom. The number of sulfone groups is 2. The Kier molecular flexibility index (Phi) is 8.37. The van der Waals surface area contributed by atoms with Gasteiger partial charge in [0.25, 0.3) is 5.91 Å². The van der Waals surface area contributed by atoms with Crippen LogP contribution >= 0.6 is 0 Å². The maximum absolute atomic E-state index is 12.1. The van der Waals surface area contributed by atoms with Gasteiger partial charge in [0.15, 0.2) is 25.6 Å². The second-order valence-electron chi connectivity index (χ2n) is 9.76. The summed E-state index contributed by atoms with van der Waals surface area (Å²) in [7, 11) is -5.31. The predicted molar refractivity (Wildman–Crippen MR) is 144 cm³/mol. The molecule has 10 nitrogen and oxygen atoms in total. The van der Waals surface area contributed by atoms with Crippen LogP contribution in [-0.4, -0.2) is 53.3 Å². The minimum Gasteiger partial charge on any atom is -0.465 e. The van der Waals surface area contributed by atoms with Crippen molar-refractivity contribution in [2.24, 2.45) is 16.5 Å². The minimum atomic E-state index is -3.34. The maximum atomic E-state index is 12.1. The van der Waals surface area contributed by atoms with Crippen molar-refractivity contribution in [3.05, 3.63) is 57.6 Å². The first-order valence-corrected chi connectivity index (χ1v) is 15.4. The Labute approximate surface area is 223 Å². The van der Waals surface area contributed by atoms with Gasteiger partial charge in [-0.15, -0.1) is 0 Å². The zero-order chi connectivity index (χ0) is 28.6. The Morgan fingerprint density at radius 3 is 1.66 bits per heavy atom. The number of benzene rings is 2. The fourth-order valence-corrected chi connectivity index (χ4v) is 8.26. The van der Waals surface area contributed by atoms with Crippen LogP contribution < -0.4 is 11.5 Å². The van der Waals surface area contributed by atoms with Gasteiger partial charge < -0.3 is 16.2 Å². The number of fused-ring (bicyclic) bond motifs is 2. The topological polar surface area (TPSA) is 176 Å². The normalized spacial score (nSPS) is 20.6. The summed E-state index contributed by atoms with van der Waals surface area (Å²) in [6, 6.07) is 6.39. The van der Waals surface area contributed by atoms with Gasteiger partial charge in [0, 0.05) is 5.56 Å². The molecule has 0 radical (unpaired) electrons. The van der Waals surface area contributed by atoms with E-state index in [9.17, 15) is 26.4 Å². The molecule has 0 saturated heterocycles. The van der Waals surface area contributed by atoms with Crippen molar-refractivity contribution in [1.29, 1.82) is 0 Å². The molecule has 4 N–H and O–H groups in total. The standard InChI is InChI=1S/C13H17N3O3S.C13H16O4S/c1-7-3-4-20(18,19)11-6-10(8(2)5-9(7)11)12(17)16-13(14)15;1-8-4-5-18(15,16)12-7-11(13(14)17-3)9(2)6-10(8)12/h5-7H,3-4H2,1-2H3,(H4,14,15,16,17);6-8H,4-5H2,1-3H3. The third-order valence-corrected chi connectivity index (χ3v) is 10.5. The van der Waals surface area contributed by atoms with Crippen LogP contribution in [0.2, 0.25) is 0 Å². The van der Waals surface area contributed by atoms with E-state index in [4.69, 9.17) is 11.5 Å². The summed E-state index contributed by atoms with van der Waals surface area (Å²) in [5.41, 5.74) is 13.9. The third-order valence-electron chi connectivity index (χ3n) is 6.95. The number of ether oxygens (including phenoxy) is 1. The van der Waals surface area contributed by atoms with E-state index in [2.05, 4.69) is 9.73 Å². The molecular weight excluding hydrogens is 530 g/mol. The van der Waals surface area contributed by atoms with Gasteiger partial charge in [0.05, 0.1) is 34.0 Å². The summed E-state index contributed by atoms with van der Waals surface area (Å²) in [6.07, 6.45) is 1.22. The lowest BCUT2D eigenvalue weighted by molar-refractivity contribution is 0.0599. The highest BCUT2D eigenvalue weighted by Gasteiger charge is 2.31. The maximum Gasteiger partial charge on any atom is 0.338 e. The number of methoxy groups -OCH3 is 1. The highest BCUT2D eigenvalue weighted by Crippen LogP contribution is 2.36. The van der Waals surface area contributed by atoms with Crippen molar-refractivity contribution in [2.45, 2.75) is 62.2 Å². The van der Waals surface area contributed by atoms with Crippen LogP contribution in [0.5, 0.6) is 0 Å². The van der Waals surface area contributed by atoms with Gasteiger partial charge in [0.2, 0.25) is 0 Å². The monoisotopic (exact) mass is 563 g/mol. The molecule has 1 amide bonds. The highest BCUT2D eigenvalue weighted by atomic mass is 32.2. The number of nitrogens with two attached hydrogens (primary N) is 2. The van der Waals surface area contributed by atoms with Gasteiger partial charge in [-0.2, -0.15) is 4.99 Å². The molecule has 2 aromatic carbocycles. The van der Waals surface area contributed by atoms with Gasteiger partial charge in [-0.3, -0.25) is 4.79 Å². The van der Waals surface area contributed by atoms with E-state index in [0.717, 1.165) is 16.7 Å². The van der Waals surface area contributed by atoms with Crippen molar-refractivity contribution in [3.63, 3.8) is 0 Å². The first-order chi connectivity index (χ1) is 17.6. The van der Waals surface area contributed by atoms with E-state index < -0.39 is 31.6 Å². The second kappa shape index (κ2) is 10.9. The quantitative estimate of drug-likeness (QED) is 0.316. The van der Waals surface area contributed by atoms with Crippen molar-refractivity contribution in [1.82, 2.24) is 0 Å². The van der Waals surface area contributed by atoms with Gasteiger partial charge in [-0.1, -0.05) is 26.0 Å². The Hall–Kier alpha value is -3.25. The number of aliphatic imine (C=N–C) groups is 1. The lowest BCUT2D eigenvalue weighted by Crippen LogP contribution is -2.25. The third kappa shape index (κ3) is 5.91. The SMILES string of the molecule is COC(=O)c1cc2c(cc1C)C(C)CCS2(=O)=O.Cc1cc2c(cc1C(=O)N=C(N)N)S(=O)(=O)CCC2C. The molecule has 2 unspecified atom stereocenters. The molecule has 2 aromatic rings. The van der Waals surface area contributed by atoms with Crippen molar-refractivity contribution in [3.8, 4) is 0 Å². The minimum absolute atomic E-state index is 0.0974. The average Bonchev–Trinajstić information content (AvgIpc) is 2.83. The van der Waals surface area contributed by atoms with E-state index in [1.807, 2.05) is 13.8 Å². The van der Waals surface area contributed by atoms with Gasteiger partial charge in [0.1, 0.15) is 0 Å². The molecule has 2 aliphatic rings. The first kappa shape index (κ1) is 29.3. The van der Waals surface area contributed by atoms with Gasteiger partial charge in [-0.25, -0.2) is 21.6 Å². The van der Waals surface area contributed by atoms with Crippen molar-refractivity contribution in [2.75, 3.05) is 18.6 Å². The van der Waals surface area contributed by atoms with Crippen LogP contribution in [0.4, 0.5) is 0 Å². The second-order valence-corrected chi connectivity index (χ2v) is 13.9. The lowest BCUT2D eigenvalue weighted by atomic mass is 9.94. The van der Waals surface area contributed by atoms with Crippen LogP contribution in [0.25, 0.3) is 0 Å².